The van der Waals surface area contributed by atoms with Crippen LogP contribution in [0.15, 0.2) is 18.3 Å². The van der Waals surface area contributed by atoms with E-state index in [1.807, 2.05) is 6.20 Å². The summed E-state index contributed by atoms with van der Waals surface area (Å²) < 4.78 is 0. The van der Waals surface area contributed by atoms with Gasteiger partial charge in [0.05, 0.1) is 0 Å². The Labute approximate surface area is 110 Å². The highest BCUT2D eigenvalue weighted by Gasteiger charge is 2.19. The number of hydrogen-bond acceptors (Lipinski definition) is 3. The molecule has 1 aliphatic rings. The van der Waals surface area contributed by atoms with E-state index >= 15 is 0 Å². The zero-order chi connectivity index (χ0) is 13.0. The predicted octanol–water partition coefficient (Wildman–Crippen LogP) is 2.93. The fourth-order valence-corrected chi connectivity index (χ4v) is 1.84. The molecule has 0 spiro atoms. The lowest BCUT2D eigenvalue weighted by molar-refractivity contribution is 0.587. The molecule has 2 N–H and O–H groups in total. The van der Waals surface area contributed by atoms with Crippen LogP contribution in [0.3, 0.4) is 0 Å². The Morgan fingerprint density at radius 2 is 2.00 bits per heavy atom. The second-order valence-electron chi connectivity index (χ2n) is 6.19. The van der Waals surface area contributed by atoms with Gasteiger partial charge in [-0.3, -0.25) is 0 Å². The Balaban J connectivity index is 1.69. The minimum atomic E-state index is 0.180. The zero-order valence-electron chi connectivity index (χ0n) is 11.8. The molecule has 3 heteroatoms. The van der Waals surface area contributed by atoms with Crippen LogP contribution < -0.4 is 10.6 Å². The van der Waals surface area contributed by atoms with E-state index in [0.717, 1.165) is 31.4 Å². The van der Waals surface area contributed by atoms with Crippen LogP contribution in [0, 0.1) is 0 Å². The number of aromatic nitrogens is 1. The highest BCUT2D eigenvalue weighted by Crippen LogP contribution is 2.21. The van der Waals surface area contributed by atoms with Gasteiger partial charge in [0, 0.05) is 18.8 Å². The van der Waals surface area contributed by atoms with Crippen LogP contribution in [0.1, 0.15) is 45.6 Å². The van der Waals surface area contributed by atoms with Gasteiger partial charge < -0.3 is 10.6 Å². The lowest BCUT2D eigenvalue weighted by Crippen LogP contribution is -2.20. The molecule has 0 unspecified atom stereocenters. The second-order valence-corrected chi connectivity index (χ2v) is 6.19. The van der Waals surface area contributed by atoms with E-state index in [4.69, 9.17) is 0 Å². The molecule has 0 saturated heterocycles. The van der Waals surface area contributed by atoms with Crippen LogP contribution in [0.25, 0.3) is 0 Å². The van der Waals surface area contributed by atoms with Gasteiger partial charge in [0.2, 0.25) is 0 Å². The van der Waals surface area contributed by atoms with E-state index in [1.54, 1.807) is 0 Å². The van der Waals surface area contributed by atoms with E-state index in [-0.39, 0.29) is 5.41 Å². The first-order valence-corrected chi connectivity index (χ1v) is 6.99. The monoisotopic (exact) mass is 247 g/mol. The van der Waals surface area contributed by atoms with Gasteiger partial charge in [-0.2, -0.15) is 0 Å². The van der Waals surface area contributed by atoms with Crippen molar-refractivity contribution in [3.05, 3.63) is 23.9 Å². The highest BCUT2D eigenvalue weighted by molar-refractivity contribution is 5.36. The Morgan fingerprint density at radius 3 is 2.56 bits per heavy atom. The molecule has 1 heterocycles. The third kappa shape index (κ3) is 4.30. The Morgan fingerprint density at radius 1 is 1.22 bits per heavy atom. The van der Waals surface area contributed by atoms with Crippen LogP contribution in [0.5, 0.6) is 0 Å². The average molecular weight is 247 g/mol. The van der Waals surface area contributed by atoms with Crippen LogP contribution in [0.2, 0.25) is 0 Å². The van der Waals surface area contributed by atoms with E-state index in [0.29, 0.717) is 0 Å². The molecule has 100 valence electrons. The van der Waals surface area contributed by atoms with Crippen LogP contribution in [-0.2, 0) is 5.41 Å². The third-order valence-corrected chi connectivity index (χ3v) is 3.30. The Bertz CT molecular complexity index is 360. The molecule has 1 aromatic heterocycles. The Hall–Kier alpha value is -1.09. The van der Waals surface area contributed by atoms with Gasteiger partial charge >= 0.3 is 0 Å². The normalized spacial score (nSPS) is 15.7. The van der Waals surface area contributed by atoms with Crippen molar-refractivity contribution >= 4 is 5.82 Å². The smallest absolute Gasteiger partial charge is 0.125 e. The van der Waals surface area contributed by atoms with Crippen molar-refractivity contribution < 1.29 is 0 Å². The van der Waals surface area contributed by atoms with Crippen molar-refractivity contribution in [3.8, 4) is 0 Å². The van der Waals surface area contributed by atoms with Crippen molar-refractivity contribution in [1.29, 1.82) is 0 Å². The first-order valence-electron chi connectivity index (χ1n) is 6.99. The van der Waals surface area contributed by atoms with Crippen LogP contribution in [0.4, 0.5) is 5.82 Å². The molecule has 1 saturated carbocycles. The molecule has 0 bridgehead atoms. The van der Waals surface area contributed by atoms with Gasteiger partial charge in [-0.25, -0.2) is 4.98 Å². The fourth-order valence-electron chi connectivity index (χ4n) is 1.84. The molecule has 0 atom stereocenters. The minimum absolute atomic E-state index is 0.180. The van der Waals surface area contributed by atoms with E-state index in [1.165, 1.54) is 18.4 Å². The maximum Gasteiger partial charge on any atom is 0.125 e. The van der Waals surface area contributed by atoms with Gasteiger partial charge in [-0.15, -0.1) is 0 Å². The van der Waals surface area contributed by atoms with Gasteiger partial charge in [-0.05, 0) is 42.9 Å². The SMILES string of the molecule is CC(C)(C)c1ccc(NCCCNC2CC2)nc1. The van der Waals surface area contributed by atoms with Gasteiger partial charge in [-0.1, -0.05) is 26.8 Å². The maximum absolute atomic E-state index is 4.46. The van der Waals surface area contributed by atoms with Crippen LogP contribution in [-0.4, -0.2) is 24.1 Å². The summed E-state index contributed by atoms with van der Waals surface area (Å²) in [6, 6.07) is 5.06. The summed E-state index contributed by atoms with van der Waals surface area (Å²) in [7, 11) is 0. The summed E-state index contributed by atoms with van der Waals surface area (Å²) in [5.74, 6) is 0.981. The molecule has 0 aliphatic heterocycles. The summed E-state index contributed by atoms with van der Waals surface area (Å²) in [6.45, 7) is 8.72. The number of rotatable bonds is 6. The number of pyridine rings is 1. The first-order chi connectivity index (χ1) is 8.55. The summed E-state index contributed by atoms with van der Waals surface area (Å²) in [4.78, 5) is 4.46. The lowest BCUT2D eigenvalue weighted by atomic mass is 9.88. The van der Waals surface area contributed by atoms with Crippen molar-refractivity contribution in [3.63, 3.8) is 0 Å². The molecule has 0 aromatic carbocycles. The molecular formula is C15H25N3. The summed E-state index contributed by atoms with van der Waals surface area (Å²) in [5, 5.41) is 6.88. The molecule has 0 amide bonds. The van der Waals surface area contributed by atoms with Gasteiger partial charge in [0.1, 0.15) is 5.82 Å². The van der Waals surface area contributed by atoms with E-state index in [2.05, 4.69) is 48.5 Å². The molecular weight excluding hydrogens is 222 g/mol. The number of nitrogens with zero attached hydrogens (tertiary/aromatic N) is 1. The molecule has 18 heavy (non-hydrogen) atoms. The maximum atomic E-state index is 4.46. The number of hydrogen-bond donors (Lipinski definition) is 2. The average Bonchev–Trinajstić information content (AvgIpc) is 3.12. The largest absolute Gasteiger partial charge is 0.370 e. The minimum Gasteiger partial charge on any atom is -0.370 e. The highest BCUT2D eigenvalue weighted by atomic mass is 15.0. The zero-order valence-corrected chi connectivity index (χ0v) is 11.8. The quantitative estimate of drug-likeness (QED) is 0.759. The van der Waals surface area contributed by atoms with Crippen molar-refractivity contribution in [1.82, 2.24) is 10.3 Å². The molecule has 3 nitrogen and oxygen atoms in total. The predicted molar refractivity (Wildman–Crippen MR) is 77.1 cm³/mol. The molecule has 2 rings (SSSR count). The van der Waals surface area contributed by atoms with Gasteiger partial charge in [0.15, 0.2) is 0 Å². The summed E-state index contributed by atoms with van der Waals surface area (Å²) in [5.41, 5.74) is 1.46. The fraction of sp³-hybridized carbons (Fsp3) is 0.667. The summed E-state index contributed by atoms with van der Waals surface area (Å²) >= 11 is 0. The molecule has 0 radical (unpaired) electrons. The van der Waals surface area contributed by atoms with Crippen molar-refractivity contribution in [2.45, 2.75) is 51.5 Å². The molecule has 1 aromatic rings. The van der Waals surface area contributed by atoms with Gasteiger partial charge in [0.25, 0.3) is 0 Å². The van der Waals surface area contributed by atoms with Crippen molar-refractivity contribution in [2.24, 2.45) is 0 Å². The third-order valence-electron chi connectivity index (χ3n) is 3.30. The molecule has 1 fully saturated rings. The first kappa shape index (κ1) is 13.3. The van der Waals surface area contributed by atoms with Crippen molar-refractivity contribution in [2.75, 3.05) is 18.4 Å². The lowest BCUT2D eigenvalue weighted by Gasteiger charge is -2.18. The summed E-state index contributed by atoms with van der Waals surface area (Å²) in [6.07, 6.45) is 5.86. The van der Waals surface area contributed by atoms with E-state index < -0.39 is 0 Å². The topological polar surface area (TPSA) is 37.0 Å². The second kappa shape index (κ2) is 5.70. The number of nitrogens with one attached hydrogen (secondary N) is 2. The molecule has 1 aliphatic carbocycles. The standard InChI is InChI=1S/C15H25N3/c1-15(2,3)12-5-8-14(18-11-12)17-10-4-9-16-13-6-7-13/h5,8,11,13,16H,4,6-7,9-10H2,1-3H3,(H,17,18). The number of anilines is 1. The van der Waals surface area contributed by atoms with Crippen LogP contribution >= 0.6 is 0 Å². The van der Waals surface area contributed by atoms with E-state index in [9.17, 15) is 0 Å². The Kier molecular flexibility index (Phi) is 4.23.